The van der Waals surface area contributed by atoms with E-state index in [1.807, 2.05) is 12.1 Å². The first-order chi connectivity index (χ1) is 11.1. The zero-order valence-electron chi connectivity index (χ0n) is 13.7. The summed E-state index contributed by atoms with van der Waals surface area (Å²) in [4.78, 5) is 13.8. The van der Waals surface area contributed by atoms with Crippen molar-refractivity contribution in [2.24, 2.45) is 5.92 Å². The number of aromatic nitrogens is 4. The molecule has 0 aliphatic carbocycles. The van der Waals surface area contributed by atoms with E-state index in [1.165, 1.54) is 0 Å². The maximum absolute atomic E-state index is 6.19. The van der Waals surface area contributed by atoms with E-state index in [2.05, 4.69) is 35.3 Å². The van der Waals surface area contributed by atoms with Crippen LogP contribution in [0.15, 0.2) is 18.3 Å². The topological polar surface area (TPSA) is 78.9 Å². The Balaban J connectivity index is 2.15. The van der Waals surface area contributed by atoms with E-state index in [0.717, 1.165) is 34.3 Å². The first-order valence-electron chi connectivity index (χ1n) is 8.15. The zero-order chi connectivity index (χ0) is 16.1. The van der Waals surface area contributed by atoms with Crippen molar-refractivity contribution in [3.05, 3.63) is 24.2 Å². The summed E-state index contributed by atoms with van der Waals surface area (Å²) in [5, 5.41) is 0. The standard InChI is InChI=1S/C17H21N5O/c1-4-12-17-21-14-15(22(17)11(8-23-12)9(2)3)13-10(20-16(14)18)6-5-7-19-13/h5-7,9,11-12H,4,8H2,1-3H3,(H2,18,20)/t11-,12?/m1/s1. The minimum absolute atomic E-state index is 0.00411. The summed E-state index contributed by atoms with van der Waals surface area (Å²) in [5.41, 5.74) is 9.58. The van der Waals surface area contributed by atoms with Gasteiger partial charge in [-0.1, -0.05) is 20.8 Å². The van der Waals surface area contributed by atoms with E-state index in [4.69, 9.17) is 15.5 Å². The van der Waals surface area contributed by atoms with Crippen LogP contribution in [0.3, 0.4) is 0 Å². The zero-order valence-corrected chi connectivity index (χ0v) is 13.7. The predicted octanol–water partition coefficient (Wildman–Crippen LogP) is 3.24. The summed E-state index contributed by atoms with van der Waals surface area (Å²) in [6, 6.07) is 4.05. The predicted molar refractivity (Wildman–Crippen MR) is 90.1 cm³/mol. The first kappa shape index (κ1) is 14.4. The van der Waals surface area contributed by atoms with Gasteiger partial charge < -0.3 is 15.0 Å². The highest BCUT2D eigenvalue weighted by molar-refractivity contribution is 6.04. The number of ether oxygens (including phenoxy) is 1. The number of imidazole rings is 1. The Labute approximate surface area is 134 Å². The lowest BCUT2D eigenvalue weighted by atomic mass is 10.0. The fourth-order valence-corrected chi connectivity index (χ4v) is 3.42. The van der Waals surface area contributed by atoms with Crippen LogP contribution in [-0.4, -0.2) is 26.1 Å². The number of rotatable bonds is 2. The van der Waals surface area contributed by atoms with Crippen LogP contribution in [0, 0.1) is 5.92 Å². The van der Waals surface area contributed by atoms with Crippen molar-refractivity contribution >= 4 is 27.9 Å². The number of anilines is 1. The molecule has 0 radical (unpaired) electrons. The van der Waals surface area contributed by atoms with Gasteiger partial charge in [0.25, 0.3) is 0 Å². The Hall–Kier alpha value is -2.21. The maximum Gasteiger partial charge on any atom is 0.152 e. The molecule has 0 aromatic carbocycles. The normalized spacial score (nSPS) is 21.2. The van der Waals surface area contributed by atoms with Gasteiger partial charge in [-0.25, -0.2) is 9.97 Å². The summed E-state index contributed by atoms with van der Waals surface area (Å²) in [7, 11) is 0. The Kier molecular flexibility index (Phi) is 3.23. The van der Waals surface area contributed by atoms with Crippen molar-refractivity contribution in [3.63, 3.8) is 0 Å². The molecular weight excluding hydrogens is 290 g/mol. The molecule has 2 atom stereocenters. The fraction of sp³-hybridized carbons (Fsp3) is 0.471. The van der Waals surface area contributed by atoms with Gasteiger partial charge in [0.05, 0.1) is 18.2 Å². The van der Waals surface area contributed by atoms with Crippen LogP contribution in [0.1, 0.15) is 45.2 Å². The van der Waals surface area contributed by atoms with Crippen LogP contribution >= 0.6 is 0 Å². The molecule has 0 spiro atoms. The molecular formula is C17H21N5O. The second-order valence-corrected chi connectivity index (χ2v) is 6.45. The average molecular weight is 311 g/mol. The molecule has 3 aromatic rings. The van der Waals surface area contributed by atoms with Gasteiger partial charge in [-0.15, -0.1) is 0 Å². The van der Waals surface area contributed by atoms with Crippen molar-refractivity contribution in [2.45, 2.75) is 39.3 Å². The molecule has 120 valence electrons. The summed E-state index contributed by atoms with van der Waals surface area (Å²) in [5.74, 6) is 1.83. The van der Waals surface area contributed by atoms with Crippen molar-refractivity contribution in [2.75, 3.05) is 12.3 Å². The lowest BCUT2D eigenvalue weighted by Crippen LogP contribution is -2.30. The molecule has 0 saturated carbocycles. The van der Waals surface area contributed by atoms with Gasteiger partial charge >= 0.3 is 0 Å². The third kappa shape index (κ3) is 2.01. The van der Waals surface area contributed by atoms with Crippen LogP contribution in [0.2, 0.25) is 0 Å². The number of nitrogens with two attached hydrogens (primary N) is 1. The SMILES string of the molecule is CCC1OC[C@H](C(C)C)n2c1nc1c(N)nc3cccnc3c12. The summed E-state index contributed by atoms with van der Waals surface area (Å²) >= 11 is 0. The van der Waals surface area contributed by atoms with Gasteiger partial charge in [0, 0.05) is 6.20 Å². The molecule has 23 heavy (non-hydrogen) atoms. The van der Waals surface area contributed by atoms with Gasteiger partial charge in [0.2, 0.25) is 0 Å². The summed E-state index contributed by atoms with van der Waals surface area (Å²) in [6.45, 7) is 7.21. The number of nitrogens with zero attached hydrogens (tertiary/aromatic N) is 4. The Morgan fingerprint density at radius 3 is 2.91 bits per heavy atom. The monoisotopic (exact) mass is 311 g/mol. The molecule has 1 aliphatic rings. The molecule has 4 heterocycles. The Bertz CT molecular complexity index is 885. The molecule has 6 nitrogen and oxygen atoms in total. The Morgan fingerprint density at radius 2 is 2.17 bits per heavy atom. The lowest BCUT2D eigenvalue weighted by molar-refractivity contribution is -0.0144. The van der Waals surface area contributed by atoms with E-state index in [9.17, 15) is 0 Å². The van der Waals surface area contributed by atoms with E-state index in [1.54, 1.807) is 6.20 Å². The largest absolute Gasteiger partial charge is 0.382 e. The highest BCUT2D eigenvalue weighted by Gasteiger charge is 2.33. The second kappa shape index (κ2) is 5.16. The molecule has 6 heteroatoms. The highest BCUT2D eigenvalue weighted by Crippen LogP contribution is 2.39. The first-order valence-corrected chi connectivity index (χ1v) is 8.15. The molecule has 2 N–H and O–H groups in total. The number of hydrogen-bond acceptors (Lipinski definition) is 5. The van der Waals surface area contributed by atoms with E-state index in [0.29, 0.717) is 18.3 Å². The number of fused-ring (bicyclic) bond motifs is 5. The van der Waals surface area contributed by atoms with E-state index >= 15 is 0 Å². The molecule has 1 aliphatic heterocycles. The highest BCUT2D eigenvalue weighted by atomic mass is 16.5. The van der Waals surface area contributed by atoms with Gasteiger partial charge in [-0.05, 0) is 24.5 Å². The van der Waals surface area contributed by atoms with Crippen LogP contribution < -0.4 is 5.73 Å². The van der Waals surface area contributed by atoms with Crippen molar-refractivity contribution in [1.82, 2.24) is 19.5 Å². The fourth-order valence-electron chi connectivity index (χ4n) is 3.42. The van der Waals surface area contributed by atoms with Crippen molar-refractivity contribution < 1.29 is 4.74 Å². The molecule has 1 unspecified atom stereocenters. The number of hydrogen-bond donors (Lipinski definition) is 1. The van der Waals surface area contributed by atoms with Crippen molar-refractivity contribution in [1.29, 1.82) is 0 Å². The van der Waals surface area contributed by atoms with E-state index in [-0.39, 0.29) is 12.1 Å². The third-order valence-corrected chi connectivity index (χ3v) is 4.66. The average Bonchev–Trinajstić information content (AvgIpc) is 2.95. The quantitative estimate of drug-likeness (QED) is 0.786. The molecule has 4 rings (SSSR count). The lowest BCUT2D eigenvalue weighted by Gasteiger charge is -2.33. The third-order valence-electron chi connectivity index (χ3n) is 4.66. The van der Waals surface area contributed by atoms with Crippen molar-refractivity contribution in [3.8, 4) is 0 Å². The smallest absolute Gasteiger partial charge is 0.152 e. The van der Waals surface area contributed by atoms with Gasteiger partial charge in [0.1, 0.15) is 28.5 Å². The summed E-state index contributed by atoms with van der Waals surface area (Å²) in [6.07, 6.45) is 2.67. The van der Waals surface area contributed by atoms with E-state index < -0.39 is 0 Å². The van der Waals surface area contributed by atoms with Crippen LogP contribution in [0.4, 0.5) is 5.82 Å². The Morgan fingerprint density at radius 1 is 1.35 bits per heavy atom. The van der Waals surface area contributed by atoms with Crippen LogP contribution in [-0.2, 0) is 4.74 Å². The number of pyridine rings is 2. The van der Waals surface area contributed by atoms with Gasteiger partial charge in [-0.3, -0.25) is 4.98 Å². The minimum atomic E-state index is -0.00411. The number of nitrogen functional groups attached to an aromatic ring is 1. The molecule has 0 bridgehead atoms. The minimum Gasteiger partial charge on any atom is -0.382 e. The van der Waals surface area contributed by atoms with Crippen LogP contribution in [0.5, 0.6) is 0 Å². The molecule has 0 fully saturated rings. The van der Waals surface area contributed by atoms with Crippen LogP contribution in [0.25, 0.3) is 22.1 Å². The molecule has 0 amide bonds. The second-order valence-electron chi connectivity index (χ2n) is 6.45. The van der Waals surface area contributed by atoms with Gasteiger partial charge in [0.15, 0.2) is 5.82 Å². The summed E-state index contributed by atoms with van der Waals surface area (Å²) < 4.78 is 8.34. The van der Waals surface area contributed by atoms with Gasteiger partial charge in [-0.2, -0.15) is 0 Å². The molecule has 0 saturated heterocycles. The molecule has 3 aromatic heterocycles. The maximum atomic E-state index is 6.19.